The number of nitrogens with zero attached hydrogens (tertiary/aromatic N) is 1. The van der Waals surface area contributed by atoms with Gasteiger partial charge in [0, 0.05) is 22.6 Å². The molecule has 1 atom stereocenters. The van der Waals surface area contributed by atoms with Crippen LogP contribution < -0.4 is 20.7 Å². The largest absolute Gasteiger partial charge is 0.504 e. The van der Waals surface area contributed by atoms with Crippen molar-refractivity contribution >= 4 is 35.0 Å². The van der Waals surface area contributed by atoms with Crippen LogP contribution >= 0.6 is 11.8 Å². The third-order valence-electron chi connectivity index (χ3n) is 6.60. The second-order valence-electron chi connectivity index (χ2n) is 9.34. The number of benzene rings is 3. The molecule has 0 aliphatic carbocycles. The third kappa shape index (κ3) is 6.30. The number of rotatable bonds is 8. The molecule has 0 radical (unpaired) electrons. The van der Waals surface area contributed by atoms with Gasteiger partial charge in [-0.15, -0.1) is 0 Å². The zero-order valence-electron chi connectivity index (χ0n) is 22.7. The molecule has 4 rings (SSSR count). The summed E-state index contributed by atoms with van der Waals surface area (Å²) in [4.78, 5) is 26.4. The first kappa shape index (κ1) is 28.3. The van der Waals surface area contributed by atoms with Crippen molar-refractivity contribution in [3.8, 4) is 17.6 Å². The number of carbonyl (C=O) groups excluding carboxylic acids is 2. The molecular formula is C31H30N4O4S. The second kappa shape index (κ2) is 12.5. The fraction of sp³-hybridized carbons (Fsp3) is 0.194. The van der Waals surface area contributed by atoms with Crippen LogP contribution in [-0.2, 0) is 9.59 Å². The first-order chi connectivity index (χ1) is 19.2. The Morgan fingerprint density at radius 1 is 1.00 bits per heavy atom. The van der Waals surface area contributed by atoms with Crippen LogP contribution in [0.4, 0.5) is 11.4 Å². The minimum atomic E-state index is -0.769. The van der Waals surface area contributed by atoms with Crippen LogP contribution in [0.2, 0.25) is 0 Å². The van der Waals surface area contributed by atoms with Gasteiger partial charge in [0.05, 0.1) is 35.5 Å². The molecule has 3 aromatic rings. The molecular weight excluding hydrogens is 524 g/mol. The lowest BCUT2D eigenvalue weighted by Crippen LogP contribution is -2.31. The number of allylic oxidation sites excluding steroid dienone is 2. The van der Waals surface area contributed by atoms with E-state index >= 15 is 0 Å². The third-order valence-corrected chi connectivity index (χ3v) is 7.62. The molecule has 40 heavy (non-hydrogen) atoms. The number of hydrogen-bond acceptors (Lipinski definition) is 7. The monoisotopic (exact) mass is 554 g/mol. The molecule has 0 aromatic heterocycles. The van der Waals surface area contributed by atoms with Crippen molar-refractivity contribution < 1.29 is 19.4 Å². The van der Waals surface area contributed by atoms with Crippen molar-refractivity contribution in [2.24, 2.45) is 0 Å². The van der Waals surface area contributed by atoms with Gasteiger partial charge in [0.1, 0.15) is 0 Å². The SMILES string of the molecule is COc1cc([C@@H]2C(C#N)=C(SCC(=O)Nc3ccc(C)c(C)c3)NC(C)=C2C(=O)Nc2ccccc2)ccc1O. The number of ether oxygens (including phenoxy) is 1. The van der Waals surface area contributed by atoms with Gasteiger partial charge in [-0.05, 0) is 73.9 Å². The van der Waals surface area contributed by atoms with E-state index in [0.717, 1.165) is 11.1 Å². The standard InChI is InChI=1S/C31H30N4O4S/c1-18-10-12-23(14-19(18)2)34-27(37)17-40-31-24(16-32)29(21-11-13-25(36)26(15-21)39-4)28(20(3)33-31)30(38)35-22-8-6-5-7-9-22/h5-15,29,33,36H,17H2,1-4H3,(H,34,37)(H,35,38)/t29-/m1/s1. The highest BCUT2D eigenvalue weighted by Crippen LogP contribution is 2.43. The van der Waals surface area contributed by atoms with Crippen LogP contribution in [-0.4, -0.2) is 29.8 Å². The molecule has 0 unspecified atom stereocenters. The lowest BCUT2D eigenvalue weighted by Gasteiger charge is -2.30. The van der Waals surface area contributed by atoms with Crippen LogP contribution in [0.1, 0.15) is 29.5 Å². The number of dihydropyridines is 1. The summed E-state index contributed by atoms with van der Waals surface area (Å²) in [6, 6.07) is 21.7. The van der Waals surface area contributed by atoms with Gasteiger partial charge in [0.2, 0.25) is 5.91 Å². The molecule has 9 heteroatoms. The number of aryl methyl sites for hydroxylation is 2. The van der Waals surface area contributed by atoms with Crippen molar-refractivity contribution in [3.05, 3.63) is 105 Å². The minimum Gasteiger partial charge on any atom is -0.504 e. The Balaban J connectivity index is 1.66. The number of phenols is 1. The Bertz CT molecular complexity index is 1560. The van der Waals surface area contributed by atoms with Gasteiger partial charge in [-0.25, -0.2) is 0 Å². The average molecular weight is 555 g/mol. The molecule has 1 aliphatic rings. The Kier molecular flexibility index (Phi) is 8.82. The Morgan fingerprint density at radius 3 is 2.42 bits per heavy atom. The number of aromatic hydroxyl groups is 1. The molecule has 3 aromatic carbocycles. The fourth-order valence-electron chi connectivity index (χ4n) is 4.41. The van der Waals surface area contributed by atoms with Crippen molar-refractivity contribution in [2.45, 2.75) is 26.7 Å². The maximum Gasteiger partial charge on any atom is 0.254 e. The van der Waals surface area contributed by atoms with Gasteiger partial charge in [0.25, 0.3) is 5.91 Å². The maximum absolute atomic E-state index is 13.6. The van der Waals surface area contributed by atoms with Crippen molar-refractivity contribution in [2.75, 3.05) is 23.5 Å². The minimum absolute atomic E-state index is 0.0465. The van der Waals surface area contributed by atoms with E-state index in [9.17, 15) is 20.0 Å². The molecule has 4 N–H and O–H groups in total. The van der Waals surface area contributed by atoms with E-state index < -0.39 is 5.92 Å². The van der Waals surface area contributed by atoms with Gasteiger partial charge in [-0.1, -0.05) is 42.1 Å². The van der Waals surface area contributed by atoms with Crippen molar-refractivity contribution in [1.29, 1.82) is 5.26 Å². The quantitative estimate of drug-likeness (QED) is 0.281. The molecule has 8 nitrogen and oxygen atoms in total. The predicted molar refractivity (Wildman–Crippen MR) is 158 cm³/mol. The molecule has 1 aliphatic heterocycles. The van der Waals surface area contributed by atoms with Crippen LogP contribution in [0.5, 0.6) is 11.5 Å². The topological polar surface area (TPSA) is 123 Å². The van der Waals surface area contributed by atoms with E-state index in [4.69, 9.17) is 4.74 Å². The van der Waals surface area contributed by atoms with E-state index in [0.29, 0.717) is 33.2 Å². The van der Waals surface area contributed by atoms with Gasteiger partial charge in [-0.2, -0.15) is 5.26 Å². The van der Waals surface area contributed by atoms with Crippen LogP contribution in [0, 0.1) is 25.2 Å². The van der Waals surface area contributed by atoms with Gasteiger partial charge >= 0.3 is 0 Å². The summed E-state index contributed by atoms with van der Waals surface area (Å²) >= 11 is 1.19. The lowest BCUT2D eigenvalue weighted by atomic mass is 9.82. The zero-order valence-corrected chi connectivity index (χ0v) is 23.5. The molecule has 1 heterocycles. The highest BCUT2D eigenvalue weighted by molar-refractivity contribution is 8.03. The second-order valence-corrected chi connectivity index (χ2v) is 10.3. The number of methoxy groups -OCH3 is 1. The summed E-state index contributed by atoms with van der Waals surface area (Å²) in [7, 11) is 1.43. The number of phenolic OH excluding ortho intramolecular Hbond substituents is 1. The smallest absolute Gasteiger partial charge is 0.254 e. The normalized spacial score (nSPS) is 14.7. The van der Waals surface area contributed by atoms with Gasteiger partial charge in [0.15, 0.2) is 11.5 Å². The van der Waals surface area contributed by atoms with Crippen molar-refractivity contribution in [1.82, 2.24) is 5.32 Å². The summed E-state index contributed by atoms with van der Waals surface area (Å²) in [5, 5.41) is 30.0. The lowest BCUT2D eigenvalue weighted by molar-refractivity contribution is -0.114. The average Bonchev–Trinajstić information content (AvgIpc) is 2.94. The van der Waals surface area contributed by atoms with E-state index in [1.54, 1.807) is 31.2 Å². The molecule has 204 valence electrons. The van der Waals surface area contributed by atoms with E-state index in [-0.39, 0.29) is 34.6 Å². The number of para-hydroxylation sites is 1. The molecule has 0 saturated heterocycles. The Labute approximate surface area is 237 Å². The first-order valence-electron chi connectivity index (χ1n) is 12.6. The number of carbonyl (C=O) groups is 2. The zero-order chi connectivity index (χ0) is 28.8. The highest BCUT2D eigenvalue weighted by Gasteiger charge is 2.35. The first-order valence-corrected chi connectivity index (χ1v) is 13.6. The van der Waals surface area contributed by atoms with E-state index in [1.165, 1.54) is 24.9 Å². The Hall–Kier alpha value is -4.68. The van der Waals surface area contributed by atoms with Crippen molar-refractivity contribution in [3.63, 3.8) is 0 Å². The molecule has 2 amide bonds. The Morgan fingerprint density at radius 2 is 1.75 bits per heavy atom. The summed E-state index contributed by atoms with van der Waals surface area (Å²) in [6.07, 6.45) is 0. The van der Waals surface area contributed by atoms with Crippen LogP contribution in [0.15, 0.2) is 88.6 Å². The van der Waals surface area contributed by atoms with E-state index in [1.807, 2.05) is 50.2 Å². The van der Waals surface area contributed by atoms with Gasteiger partial charge in [-0.3, -0.25) is 9.59 Å². The molecule has 0 spiro atoms. The summed E-state index contributed by atoms with van der Waals surface area (Å²) in [6.45, 7) is 5.75. The number of anilines is 2. The molecule has 0 bridgehead atoms. The maximum atomic E-state index is 13.6. The fourth-order valence-corrected chi connectivity index (χ4v) is 5.30. The predicted octanol–water partition coefficient (Wildman–Crippen LogP) is 5.72. The van der Waals surface area contributed by atoms with Crippen LogP contribution in [0.25, 0.3) is 0 Å². The summed E-state index contributed by atoms with van der Waals surface area (Å²) in [5.74, 6) is -1.17. The summed E-state index contributed by atoms with van der Waals surface area (Å²) < 4.78 is 5.30. The molecule has 0 fully saturated rings. The number of nitriles is 1. The number of hydrogen-bond donors (Lipinski definition) is 4. The van der Waals surface area contributed by atoms with Crippen LogP contribution in [0.3, 0.4) is 0 Å². The number of thioether (sulfide) groups is 1. The molecule has 0 saturated carbocycles. The number of amides is 2. The van der Waals surface area contributed by atoms with Gasteiger partial charge < -0.3 is 25.8 Å². The summed E-state index contributed by atoms with van der Waals surface area (Å²) in [5.41, 5.74) is 5.27. The number of nitrogens with one attached hydrogen (secondary N) is 3. The highest BCUT2D eigenvalue weighted by atomic mass is 32.2. The van der Waals surface area contributed by atoms with E-state index in [2.05, 4.69) is 22.0 Å².